The molecule has 0 unspecified atom stereocenters. The van der Waals surface area contributed by atoms with E-state index < -0.39 is 0 Å². The van der Waals surface area contributed by atoms with Gasteiger partial charge in [0.2, 0.25) is 0 Å². The Hall–Kier alpha value is -2.49. The fourth-order valence-electron chi connectivity index (χ4n) is 2.56. The summed E-state index contributed by atoms with van der Waals surface area (Å²) in [5, 5.41) is 2.95. The van der Waals surface area contributed by atoms with E-state index in [9.17, 15) is 4.79 Å². The highest BCUT2D eigenvalue weighted by atomic mass is 16.5. The number of aryl methyl sites for hydroxylation is 2. The highest BCUT2D eigenvalue weighted by Gasteiger charge is 2.14. The highest BCUT2D eigenvalue weighted by molar-refractivity contribution is 5.78. The fourth-order valence-corrected chi connectivity index (χ4v) is 2.56. The molecule has 4 heteroatoms. The van der Waals surface area contributed by atoms with E-state index in [2.05, 4.69) is 12.2 Å². The minimum Gasteiger partial charge on any atom is -0.496 e. The first-order valence-electron chi connectivity index (χ1n) is 8.19. The minimum atomic E-state index is -0.159. The molecule has 0 fully saturated rings. The van der Waals surface area contributed by atoms with E-state index in [1.165, 1.54) is 5.56 Å². The average Bonchev–Trinajstić information content (AvgIpc) is 2.60. The Kier molecular flexibility index (Phi) is 6.24. The summed E-state index contributed by atoms with van der Waals surface area (Å²) in [6, 6.07) is 13.6. The van der Waals surface area contributed by atoms with Gasteiger partial charge in [-0.1, -0.05) is 36.8 Å². The van der Waals surface area contributed by atoms with Crippen molar-refractivity contribution in [3.63, 3.8) is 0 Å². The summed E-state index contributed by atoms with van der Waals surface area (Å²) in [7, 11) is 1.63. The van der Waals surface area contributed by atoms with Gasteiger partial charge in [-0.15, -0.1) is 0 Å². The second-order valence-electron chi connectivity index (χ2n) is 5.82. The molecule has 0 spiro atoms. The van der Waals surface area contributed by atoms with E-state index in [0.717, 1.165) is 23.3 Å². The van der Waals surface area contributed by atoms with Crippen molar-refractivity contribution in [2.45, 2.75) is 33.2 Å². The zero-order valence-corrected chi connectivity index (χ0v) is 14.8. The number of amides is 1. The second kappa shape index (κ2) is 8.39. The molecule has 0 heterocycles. The lowest BCUT2D eigenvalue weighted by Gasteiger charge is -2.18. The SMILES string of the molecule is CCc1cccc(OCC(=O)N[C@H](C)c2cc(C)ccc2OC)c1. The number of ether oxygens (including phenoxy) is 2. The van der Waals surface area contributed by atoms with Crippen molar-refractivity contribution in [3.8, 4) is 11.5 Å². The third-order valence-corrected chi connectivity index (χ3v) is 3.91. The standard InChI is InChI=1S/C20H25NO3/c1-5-16-7-6-8-17(12-16)24-13-20(22)21-15(3)18-11-14(2)9-10-19(18)23-4/h6-12,15H,5,13H2,1-4H3,(H,21,22)/t15-/m1/s1. The molecule has 128 valence electrons. The van der Waals surface area contributed by atoms with Crippen LogP contribution in [0.5, 0.6) is 11.5 Å². The summed E-state index contributed by atoms with van der Waals surface area (Å²) >= 11 is 0. The molecule has 1 atom stereocenters. The van der Waals surface area contributed by atoms with Crippen molar-refractivity contribution >= 4 is 5.91 Å². The van der Waals surface area contributed by atoms with Crippen LogP contribution < -0.4 is 14.8 Å². The first-order chi connectivity index (χ1) is 11.5. The van der Waals surface area contributed by atoms with Crippen molar-refractivity contribution in [1.29, 1.82) is 0 Å². The number of benzene rings is 2. The van der Waals surface area contributed by atoms with Gasteiger partial charge in [0.1, 0.15) is 11.5 Å². The average molecular weight is 327 g/mol. The fraction of sp³-hybridized carbons (Fsp3) is 0.350. The van der Waals surface area contributed by atoms with Gasteiger partial charge in [-0.2, -0.15) is 0 Å². The molecule has 2 rings (SSSR count). The summed E-state index contributed by atoms with van der Waals surface area (Å²) in [5.41, 5.74) is 3.27. The molecule has 0 aliphatic rings. The molecular formula is C20H25NO3. The number of methoxy groups -OCH3 is 1. The molecular weight excluding hydrogens is 302 g/mol. The maximum Gasteiger partial charge on any atom is 0.258 e. The molecule has 1 amide bonds. The molecule has 4 nitrogen and oxygen atoms in total. The number of rotatable bonds is 7. The van der Waals surface area contributed by atoms with Gasteiger partial charge < -0.3 is 14.8 Å². The summed E-state index contributed by atoms with van der Waals surface area (Å²) < 4.78 is 11.0. The zero-order valence-electron chi connectivity index (χ0n) is 14.8. The minimum absolute atomic E-state index is 0.00829. The van der Waals surface area contributed by atoms with Gasteiger partial charge in [0.05, 0.1) is 13.2 Å². The van der Waals surface area contributed by atoms with Gasteiger partial charge in [-0.25, -0.2) is 0 Å². The van der Waals surface area contributed by atoms with Crippen LogP contribution >= 0.6 is 0 Å². The van der Waals surface area contributed by atoms with Crippen LogP contribution in [-0.2, 0) is 11.2 Å². The van der Waals surface area contributed by atoms with E-state index in [1.807, 2.05) is 56.3 Å². The van der Waals surface area contributed by atoms with Crippen LogP contribution in [0.3, 0.4) is 0 Å². The summed E-state index contributed by atoms with van der Waals surface area (Å²) in [6.07, 6.45) is 0.938. The van der Waals surface area contributed by atoms with Gasteiger partial charge in [0, 0.05) is 5.56 Å². The van der Waals surface area contributed by atoms with Crippen LogP contribution in [0.4, 0.5) is 0 Å². The molecule has 0 aromatic heterocycles. The Morgan fingerprint density at radius 3 is 2.71 bits per heavy atom. The summed E-state index contributed by atoms with van der Waals surface area (Å²) in [4.78, 5) is 12.2. The summed E-state index contributed by atoms with van der Waals surface area (Å²) in [6.45, 7) is 6.03. The normalized spacial score (nSPS) is 11.7. The number of nitrogens with one attached hydrogen (secondary N) is 1. The lowest BCUT2D eigenvalue weighted by Crippen LogP contribution is -2.31. The Labute approximate surface area is 143 Å². The summed E-state index contributed by atoms with van der Waals surface area (Å²) in [5.74, 6) is 1.32. The third kappa shape index (κ3) is 4.75. The van der Waals surface area contributed by atoms with Gasteiger partial charge in [-0.3, -0.25) is 4.79 Å². The molecule has 2 aromatic rings. The van der Waals surface area contributed by atoms with E-state index >= 15 is 0 Å². The Morgan fingerprint density at radius 1 is 1.21 bits per heavy atom. The van der Waals surface area contributed by atoms with Gasteiger partial charge in [-0.05, 0) is 44.0 Å². The Bertz CT molecular complexity index is 697. The van der Waals surface area contributed by atoms with E-state index in [4.69, 9.17) is 9.47 Å². The van der Waals surface area contributed by atoms with E-state index in [0.29, 0.717) is 5.75 Å². The predicted molar refractivity (Wildman–Crippen MR) is 95.6 cm³/mol. The smallest absolute Gasteiger partial charge is 0.258 e. The molecule has 24 heavy (non-hydrogen) atoms. The number of hydrogen-bond acceptors (Lipinski definition) is 3. The third-order valence-electron chi connectivity index (χ3n) is 3.91. The van der Waals surface area contributed by atoms with Crippen molar-refractivity contribution in [1.82, 2.24) is 5.32 Å². The van der Waals surface area contributed by atoms with Crippen LogP contribution in [-0.4, -0.2) is 19.6 Å². The molecule has 0 radical (unpaired) electrons. The molecule has 2 aromatic carbocycles. The first kappa shape index (κ1) is 17.9. The second-order valence-corrected chi connectivity index (χ2v) is 5.82. The topological polar surface area (TPSA) is 47.6 Å². The number of carbonyl (C=O) groups is 1. The van der Waals surface area contributed by atoms with Crippen LogP contribution in [0.15, 0.2) is 42.5 Å². The largest absolute Gasteiger partial charge is 0.496 e. The maximum atomic E-state index is 12.2. The molecule has 0 saturated carbocycles. The monoisotopic (exact) mass is 327 g/mol. The van der Waals surface area contributed by atoms with Crippen LogP contribution in [0.2, 0.25) is 0 Å². The number of hydrogen-bond donors (Lipinski definition) is 1. The van der Waals surface area contributed by atoms with Gasteiger partial charge in [0.15, 0.2) is 6.61 Å². The van der Waals surface area contributed by atoms with Crippen LogP contribution in [0, 0.1) is 6.92 Å². The Morgan fingerprint density at radius 2 is 2.00 bits per heavy atom. The highest BCUT2D eigenvalue weighted by Crippen LogP contribution is 2.26. The lowest BCUT2D eigenvalue weighted by atomic mass is 10.0. The van der Waals surface area contributed by atoms with Crippen molar-refractivity contribution in [3.05, 3.63) is 59.2 Å². The molecule has 0 aliphatic carbocycles. The lowest BCUT2D eigenvalue weighted by molar-refractivity contribution is -0.123. The molecule has 0 aliphatic heterocycles. The first-order valence-corrected chi connectivity index (χ1v) is 8.19. The van der Waals surface area contributed by atoms with Crippen molar-refractivity contribution in [2.24, 2.45) is 0 Å². The van der Waals surface area contributed by atoms with Crippen molar-refractivity contribution in [2.75, 3.05) is 13.7 Å². The van der Waals surface area contributed by atoms with E-state index in [-0.39, 0.29) is 18.6 Å². The maximum absolute atomic E-state index is 12.2. The van der Waals surface area contributed by atoms with Gasteiger partial charge >= 0.3 is 0 Å². The molecule has 0 bridgehead atoms. The van der Waals surface area contributed by atoms with Crippen LogP contribution in [0.25, 0.3) is 0 Å². The number of carbonyl (C=O) groups excluding carboxylic acids is 1. The van der Waals surface area contributed by atoms with Crippen molar-refractivity contribution < 1.29 is 14.3 Å². The van der Waals surface area contributed by atoms with Gasteiger partial charge in [0.25, 0.3) is 5.91 Å². The zero-order chi connectivity index (χ0) is 17.5. The molecule has 1 N–H and O–H groups in total. The van der Waals surface area contributed by atoms with Crippen LogP contribution in [0.1, 0.15) is 36.6 Å². The predicted octanol–water partition coefficient (Wildman–Crippen LogP) is 3.82. The quantitative estimate of drug-likeness (QED) is 0.841. The van der Waals surface area contributed by atoms with E-state index in [1.54, 1.807) is 7.11 Å². The molecule has 0 saturated heterocycles. The Balaban J connectivity index is 1.95.